The largest absolute Gasteiger partial charge is 0.301 e. The van der Waals surface area contributed by atoms with Gasteiger partial charge in [-0.2, -0.15) is 0 Å². The quantitative estimate of drug-likeness (QED) is 0.441. The minimum Gasteiger partial charge on any atom is -0.301 e. The average Bonchev–Trinajstić information content (AvgIpc) is 2.43. The molecule has 0 aromatic carbocycles. The molecular formula is C6H13N3. The molecule has 2 saturated heterocycles. The van der Waals surface area contributed by atoms with Gasteiger partial charge in [0.2, 0.25) is 0 Å². The molecule has 1 N–H and O–H groups in total. The monoisotopic (exact) mass is 127 g/mol. The van der Waals surface area contributed by atoms with E-state index in [1.54, 1.807) is 0 Å². The molecule has 9 heavy (non-hydrogen) atoms. The van der Waals surface area contributed by atoms with E-state index in [0.717, 1.165) is 13.2 Å². The van der Waals surface area contributed by atoms with Crippen molar-refractivity contribution in [2.24, 2.45) is 0 Å². The van der Waals surface area contributed by atoms with Crippen molar-refractivity contribution in [1.82, 2.24) is 15.3 Å². The highest BCUT2D eigenvalue weighted by atomic mass is 15.8. The van der Waals surface area contributed by atoms with Crippen LogP contribution in [-0.2, 0) is 0 Å². The Hall–Kier alpha value is -0.120. The summed E-state index contributed by atoms with van der Waals surface area (Å²) in [7, 11) is 2.12. The molecule has 2 unspecified atom stereocenters. The van der Waals surface area contributed by atoms with Gasteiger partial charge < -0.3 is 5.32 Å². The van der Waals surface area contributed by atoms with Gasteiger partial charge in [-0.25, -0.2) is 10.0 Å². The Balaban J connectivity index is 2.07. The van der Waals surface area contributed by atoms with E-state index in [1.165, 1.54) is 6.54 Å². The van der Waals surface area contributed by atoms with Gasteiger partial charge >= 0.3 is 0 Å². The van der Waals surface area contributed by atoms with Gasteiger partial charge in [-0.05, 0) is 6.92 Å². The molecular weight excluding hydrogens is 114 g/mol. The van der Waals surface area contributed by atoms with Crippen molar-refractivity contribution in [2.75, 3.05) is 26.8 Å². The maximum atomic E-state index is 3.35. The predicted octanol–water partition coefficient (Wildman–Crippen LogP) is -0.532. The van der Waals surface area contributed by atoms with E-state index >= 15 is 0 Å². The minimum atomic E-state index is 0.465. The summed E-state index contributed by atoms with van der Waals surface area (Å²) in [5.41, 5.74) is 0.465. The van der Waals surface area contributed by atoms with E-state index < -0.39 is 0 Å². The molecule has 0 saturated carbocycles. The fourth-order valence-corrected chi connectivity index (χ4v) is 1.54. The summed E-state index contributed by atoms with van der Waals surface area (Å²) in [5.74, 6) is 0. The molecule has 0 radical (unpaired) electrons. The molecule has 2 atom stereocenters. The zero-order valence-electron chi connectivity index (χ0n) is 6.02. The van der Waals surface area contributed by atoms with Crippen LogP contribution in [0.1, 0.15) is 6.92 Å². The van der Waals surface area contributed by atoms with Crippen LogP contribution >= 0.6 is 0 Å². The van der Waals surface area contributed by atoms with Gasteiger partial charge in [0.15, 0.2) is 0 Å². The van der Waals surface area contributed by atoms with E-state index in [0.29, 0.717) is 5.54 Å². The molecule has 3 nitrogen and oxygen atoms in total. The van der Waals surface area contributed by atoms with Gasteiger partial charge in [0.05, 0.1) is 12.2 Å². The van der Waals surface area contributed by atoms with Gasteiger partial charge in [0.25, 0.3) is 0 Å². The standard InChI is InChI=1S/C6H13N3/c1-6-3-7-5-8(2)9(6)4-6/h7H,3-5H2,1-2H3. The molecule has 0 amide bonds. The summed E-state index contributed by atoms with van der Waals surface area (Å²) in [6.45, 7) is 5.68. The van der Waals surface area contributed by atoms with Gasteiger partial charge in [-0.1, -0.05) is 0 Å². The number of rotatable bonds is 0. The van der Waals surface area contributed by atoms with Crippen LogP contribution in [-0.4, -0.2) is 42.4 Å². The topological polar surface area (TPSA) is 18.3 Å². The normalized spacial score (nSPS) is 50.7. The van der Waals surface area contributed by atoms with E-state index in [9.17, 15) is 0 Å². The van der Waals surface area contributed by atoms with Crippen LogP contribution < -0.4 is 5.32 Å². The van der Waals surface area contributed by atoms with Gasteiger partial charge in [-0.3, -0.25) is 0 Å². The first-order valence-corrected chi connectivity index (χ1v) is 3.42. The highest BCUT2D eigenvalue weighted by molar-refractivity contribution is 5.05. The Bertz CT molecular complexity index is 136. The second-order valence-electron chi connectivity index (χ2n) is 3.30. The third-order valence-electron chi connectivity index (χ3n) is 2.27. The third-order valence-corrected chi connectivity index (χ3v) is 2.27. The summed E-state index contributed by atoms with van der Waals surface area (Å²) in [5, 5.41) is 7.98. The van der Waals surface area contributed by atoms with E-state index in [-0.39, 0.29) is 0 Å². The van der Waals surface area contributed by atoms with Gasteiger partial charge in [0.1, 0.15) is 0 Å². The zero-order chi connectivity index (χ0) is 6.48. The van der Waals surface area contributed by atoms with Gasteiger partial charge in [0, 0.05) is 20.1 Å². The lowest BCUT2D eigenvalue weighted by atomic mass is 10.2. The molecule has 2 heterocycles. The Kier molecular flexibility index (Phi) is 0.928. The minimum absolute atomic E-state index is 0.465. The molecule has 3 heteroatoms. The smallest absolute Gasteiger partial charge is 0.0621 e. The lowest BCUT2D eigenvalue weighted by molar-refractivity contribution is 0.0475. The highest BCUT2D eigenvalue weighted by Crippen LogP contribution is 2.33. The first-order chi connectivity index (χ1) is 4.22. The molecule has 0 aliphatic carbocycles. The summed E-state index contributed by atoms with van der Waals surface area (Å²) in [4.78, 5) is 0. The van der Waals surface area contributed by atoms with Crippen LogP contribution in [0, 0.1) is 0 Å². The number of hydrazine groups is 1. The van der Waals surface area contributed by atoms with Crippen molar-refractivity contribution in [3.63, 3.8) is 0 Å². The van der Waals surface area contributed by atoms with Crippen LogP contribution in [0.2, 0.25) is 0 Å². The Labute approximate surface area is 55.6 Å². The molecule has 0 aromatic rings. The Morgan fingerprint density at radius 2 is 2.33 bits per heavy atom. The van der Waals surface area contributed by atoms with Crippen LogP contribution in [0.5, 0.6) is 0 Å². The lowest BCUT2D eigenvalue weighted by Crippen LogP contribution is -2.48. The second-order valence-corrected chi connectivity index (χ2v) is 3.30. The fourth-order valence-electron chi connectivity index (χ4n) is 1.54. The molecule has 2 fully saturated rings. The molecule has 0 spiro atoms. The van der Waals surface area contributed by atoms with Crippen molar-refractivity contribution in [3.8, 4) is 0 Å². The number of fused-ring (bicyclic) bond motifs is 1. The van der Waals surface area contributed by atoms with Crippen LogP contribution in [0.15, 0.2) is 0 Å². The Morgan fingerprint density at radius 1 is 1.56 bits per heavy atom. The number of hydrogen-bond donors (Lipinski definition) is 1. The van der Waals surface area contributed by atoms with Crippen molar-refractivity contribution in [1.29, 1.82) is 0 Å². The van der Waals surface area contributed by atoms with Crippen molar-refractivity contribution in [2.45, 2.75) is 12.5 Å². The summed E-state index contributed by atoms with van der Waals surface area (Å²) in [6, 6.07) is 0. The lowest BCUT2D eigenvalue weighted by Gasteiger charge is -2.28. The maximum absolute atomic E-state index is 3.35. The van der Waals surface area contributed by atoms with Crippen LogP contribution in [0.3, 0.4) is 0 Å². The average molecular weight is 127 g/mol. The SMILES string of the molecule is CN1CNCC2(C)CN12. The maximum Gasteiger partial charge on any atom is 0.0621 e. The van der Waals surface area contributed by atoms with E-state index in [1.807, 2.05) is 0 Å². The number of nitrogens with zero attached hydrogens (tertiary/aromatic N) is 2. The number of hydrogen-bond acceptors (Lipinski definition) is 3. The van der Waals surface area contributed by atoms with Crippen molar-refractivity contribution < 1.29 is 0 Å². The summed E-state index contributed by atoms with van der Waals surface area (Å²) >= 11 is 0. The second kappa shape index (κ2) is 1.48. The third kappa shape index (κ3) is 0.689. The summed E-state index contributed by atoms with van der Waals surface area (Å²) < 4.78 is 0. The molecule has 0 bridgehead atoms. The molecule has 52 valence electrons. The van der Waals surface area contributed by atoms with E-state index in [4.69, 9.17) is 0 Å². The molecule has 2 aliphatic rings. The number of nitrogens with one attached hydrogen (secondary N) is 1. The molecule has 2 rings (SSSR count). The van der Waals surface area contributed by atoms with Crippen molar-refractivity contribution in [3.05, 3.63) is 0 Å². The summed E-state index contributed by atoms with van der Waals surface area (Å²) in [6.07, 6.45) is 0. The predicted molar refractivity (Wildman–Crippen MR) is 35.7 cm³/mol. The van der Waals surface area contributed by atoms with Crippen LogP contribution in [0.25, 0.3) is 0 Å². The fraction of sp³-hybridized carbons (Fsp3) is 1.00. The highest BCUT2D eigenvalue weighted by Gasteiger charge is 2.51. The van der Waals surface area contributed by atoms with E-state index in [2.05, 4.69) is 29.3 Å². The first-order valence-electron chi connectivity index (χ1n) is 3.42. The Morgan fingerprint density at radius 3 is 2.89 bits per heavy atom. The van der Waals surface area contributed by atoms with Crippen molar-refractivity contribution >= 4 is 0 Å². The van der Waals surface area contributed by atoms with Crippen LogP contribution in [0.4, 0.5) is 0 Å². The first kappa shape index (κ1) is 5.65. The van der Waals surface area contributed by atoms with Gasteiger partial charge in [-0.15, -0.1) is 0 Å². The molecule has 2 aliphatic heterocycles. The zero-order valence-corrected chi connectivity index (χ0v) is 6.02. The molecule has 0 aromatic heterocycles.